The van der Waals surface area contributed by atoms with Crippen molar-refractivity contribution in [3.63, 3.8) is 0 Å². The van der Waals surface area contributed by atoms with Gasteiger partial charge in [-0.2, -0.15) is 0 Å². The summed E-state index contributed by atoms with van der Waals surface area (Å²) in [5, 5.41) is 3.01. The maximum absolute atomic E-state index is 12.6. The lowest BCUT2D eigenvalue weighted by molar-refractivity contribution is 0.0943. The molecule has 1 aliphatic rings. The Morgan fingerprint density at radius 1 is 1.25 bits per heavy atom. The normalized spacial score (nSPS) is 13.4. The van der Waals surface area contributed by atoms with Crippen molar-refractivity contribution in [2.75, 3.05) is 0 Å². The quantitative estimate of drug-likeness (QED) is 0.780. The molecule has 0 unspecified atom stereocenters. The summed E-state index contributed by atoms with van der Waals surface area (Å²) in [6, 6.07) is 15.4. The number of ether oxygens (including phenoxy) is 1. The van der Waals surface area contributed by atoms with Crippen LogP contribution in [0, 0.1) is 0 Å². The van der Waals surface area contributed by atoms with Gasteiger partial charge < -0.3 is 10.1 Å². The Kier molecular flexibility index (Phi) is 3.78. The standard InChI is InChI=1S/C19H16N2O2S/c1-12(15-7-4-5-9-20-15)21-19(22)17-10-13-11-23-16-8-3-2-6-14(16)18(13)24-17/h2-10,12H,11H2,1H3,(H,21,22)/t12-/m0/s1. The molecule has 4 rings (SSSR count). The molecule has 1 N–H and O–H groups in total. The molecule has 3 aromatic rings. The maximum atomic E-state index is 12.6. The van der Waals surface area contributed by atoms with Crippen molar-refractivity contribution < 1.29 is 9.53 Å². The molecule has 0 bridgehead atoms. The molecule has 5 heteroatoms. The van der Waals surface area contributed by atoms with E-state index in [1.165, 1.54) is 11.3 Å². The first-order valence-corrected chi connectivity index (χ1v) is 8.61. The number of hydrogen-bond donors (Lipinski definition) is 1. The zero-order chi connectivity index (χ0) is 16.5. The van der Waals surface area contributed by atoms with Crippen LogP contribution < -0.4 is 10.1 Å². The topological polar surface area (TPSA) is 51.2 Å². The molecule has 2 aromatic heterocycles. The van der Waals surface area contributed by atoms with Gasteiger partial charge in [-0.25, -0.2) is 0 Å². The highest BCUT2D eigenvalue weighted by molar-refractivity contribution is 7.17. The number of rotatable bonds is 3. The van der Waals surface area contributed by atoms with Gasteiger partial charge in [0, 0.05) is 22.2 Å². The summed E-state index contributed by atoms with van der Waals surface area (Å²) in [5.41, 5.74) is 2.97. The molecule has 0 spiro atoms. The highest BCUT2D eigenvalue weighted by atomic mass is 32.1. The molecule has 0 saturated heterocycles. The van der Waals surface area contributed by atoms with E-state index in [9.17, 15) is 4.79 Å². The van der Waals surface area contributed by atoms with E-state index in [1.54, 1.807) is 6.20 Å². The van der Waals surface area contributed by atoms with Gasteiger partial charge in [-0.3, -0.25) is 9.78 Å². The molecule has 1 aromatic carbocycles. The van der Waals surface area contributed by atoms with E-state index < -0.39 is 0 Å². The molecular formula is C19H16N2O2S. The summed E-state index contributed by atoms with van der Waals surface area (Å²) in [6.07, 6.45) is 1.73. The van der Waals surface area contributed by atoms with Gasteiger partial charge in [-0.15, -0.1) is 11.3 Å². The van der Waals surface area contributed by atoms with Crippen LogP contribution >= 0.6 is 11.3 Å². The van der Waals surface area contributed by atoms with Gasteiger partial charge >= 0.3 is 0 Å². The Bertz CT molecular complexity index is 889. The lowest BCUT2D eigenvalue weighted by atomic mass is 10.1. The number of carbonyl (C=O) groups is 1. The molecule has 3 heterocycles. The Labute approximate surface area is 144 Å². The van der Waals surface area contributed by atoms with E-state index in [2.05, 4.69) is 10.3 Å². The third-order valence-electron chi connectivity index (χ3n) is 4.03. The maximum Gasteiger partial charge on any atom is 0.261 e. The number of pyridine rings is 1. The molecule has 0 radical (unpaired) electrons. The summed E-state index contributed by atoms with van der Waals surface area (Å²) in [4.78, 5) is 18.7. The zero-order valence-corrected chi connectivity index (χ0v) is 14.0. The van der Waals surface area contributed by atoms with Gasteiger partial charge in [0.1, 0.15) is 12.4 Å². The Morgan fingerprint density at radius 2 is 2.08 bits per heavy atom. The summed E-state index contributed by atoms with van der Waals surface area (Å²) >= 11 is 1.51. The van der Waals surface area contributed by atoms with Gasteiger partial charge in [0.25, 0.3) is 5.91 Å². The molecule has 0 fully saturated rings. The Balaban J connectivity index is 1.58. The fraction of sp³-hybridized carbons (Fsp3) is 0.158. The number of aromatic nitrogens is 1. The van der Waals surface area contributed by atoms with Gasteiger partial charge in [0.15, 0.2) is 0 Å². The largest absolute Gasteiger partial charge is 0.488 e. The van der Waals surface area contributed by atoms with E-state index in [0.717, 1.165) is 27.4 Å². The van der Waals surface area contributed by atoms with Crippen LogP contribution in [0.3, 0.4) is 0 Å². The van der Waals surface area contributed by atoms with Gasteiger partial charge in [-0.1, -0.05) is 18.2 Å². The van der Waals surface area contributed by atoms with Crippen LogP contribution in [0.1, 0.15) is 33.9 Å². The van der Waals surface area contributed by atoms with Crippen molar-refractivity contribution in [2.24, 2.45) is 0 Å². The van der Waals surface area contributed by atoms with Crippen molar-refractivity contribution in [1.29, 1.82) is 0 Å². The minimum atomic E-state index is -0.138. The zero-order valence-electron chi connectivity index (χ0n) is 13.2. The summed E-state index contributed by atoms with van der Waals surface area (Å²) in [6.45, 7) is 2.44. The second kappa shape index (κ2) is 6.09. The minimum absolute atomic E-state index is 0.0787. The molecule has 1 atom stereocenters. The van der Waals surface area contributed by atoms with Gasteiger partial charge in [0.05, 0.1) is 16.6 Å². The molecule has 24 heavy (non-hydrogen) atoms. The lowest BCUT2D eigenvalue weighted by Gasteiger charge is -2.16. The van der Waals surface area contributed by atoms with Crippen LogP contribution in [0.2, 0.25) is 0 Å². The first kappa shape index (κ1) is 14.9. The number of amides is 1. The van der Waals surface area contributed by atoms with Crippen molar-refractivity contribution >= 4 is 17.2 Å². The van der Waals surface area contributed by atoms with E-state index in [1.807, 2.05) is 55.5 Å². The monoisotopic (exact) mass is 336 g/mol. The molecule has 120 valence electrons. The van der Waals surface area contributed by atoms with Crippen LogP contribution in [0.15, 0.2) is 54.7 Å². The number of nitrogens with zero attached hydrogens (tertiary/aromatic N) is 1. The molecule has 1 amide bonds. The number of carbonyl (C=O) groups excluding carboxylic acids is 1. The highest BCUT2D eigenvalue weighted by Gasteiger charge is 2.23. The SMILES string of the molecule is C[C@H](NC(=O)c1cc2c(s1)-c1ccccc1OC2)c1ccccn1. The second-order valence-corrected chi connectivity index (χ2v) is 6.75. The van der Waals surface area contributed by atoms with E-state index in [4.69, 9.17) is 4.74 Å². The van der Waals surface area contributed by atoms with Crippen LogP contribution in [0.5, 0.6) is 5.75 Å². The Hall–Kier alpha value is -2.66. The first-order chi connectivity index (χ1) is 11.7. The predicted octanol–water partition coefficient (Wildman–Crippen LogP) is 4.19. The fourth-order valence-corrected chi connectivity index (χ4v) is 3.89. The summed E-state index contributed by atoms with van der Waals surface area (Å²) < 4.78 is 5.76. The second-order valence-electron chi connectivity index (χ2n) is 5.70. The van der Waals surface area contributed by atoms with Crippen molar-refractivity contribution in [3.05, 3.63) is 70.9 Å². The van der Waals surface area contributed by atoms with E-state index >= 15 is 0 Å². The average Bonchev–Trinajstić information content (AvgIpc) is 3.07. The van der Waals surface area contributed by atoms with Crippen molar-refractivity contribution in [1.82, 2.24) is 10.3 Å². The fourth-order valence-electron chi connectivity index (χ4n) is 2.79. The number of thiophene rings is 1. The third-order valence-corrected chi connectivity index (χ3v) is 5.24. The van der Waals surface area contributed by atoms with Crippen molar-refractivity contribution in [3.8, 4) is 16.2 Å². The molecule has 0 aliphatic carbocycles. The molecule has 0 saturated carbocycles. The number of fused-ring (bicyclic) bond motifs is 3. The highest BCUT2D eigenvalue weighted by Crippen LogP contribution is 2.42. The smallest absolute Gasteiger partial charge is 0.261 e. The average molecular weight is 336 g/mol. The first-order valence-electron chi connectivity index (χ1n) is 7.79. The molecule has 1 aliphatic heterocycles. The third kappa shape index (κ3) is 2.67. The number of nitrogens with one attached hydrogen (secondary N) is 1. The predicted molar refractivity (Wildman–Crippen MR) is 94.2 cm³/mol. The lowest BCUT2D eigenvalue weighted by Crippen LogP contribution is -2.26. The van der Waals surface area contributed by atoms with Crippen LogP contribution in [-0.4, -0.2) is 10.9 Å². The molecular weight excluding hydrogens is 320 g/mol. The van der Waals surface area contributed by atoms with E-state index in [0.29, 0.717) is 11.5 Å². The molecule has 4 nitrogen and oxygen atoms in total. The number of benzene rings is 1. The summed E-state index contributed by atoms with van der Waals surface area (Å²) in [5.74, 6) is 0.797. The number of para-hydroxylation sites is 1. The van der Waals surface area contributed by atoms with Crippen LogP contribution in [0.25, 0.3) is 10.4 Å². The minimum Gasteiger partial charge on any atom is -0.488 e. The van der Waals surface area contributed by atoms with Gasteiger partial charge in [-0.05, 0) is 37.3 Å². The van der Waals surface area contributed by atoms with E-state index in [-0.39, 0.29) is 11.9 Å². The van der Waals surface area contributed by atoms with Crippen LogP contribution in [0.4, 0.5) is 0 Å². The van der Waals surface area contributed by atoms with Crippen molar-refractivity contribution in [2.45, 2.75) is 19.6 Å². The Morgan fingerprint density at radius 3 is 2.92 bits per heavy atom. The number of hydrogen-bond acceptors (Lipinski definition) is 4. The van der Waals surface area contributed by atoms with Gasteiger partial charge in [0.2, 0.25) is 0 Å². The van der Waals surface area contributed by atoms with Crippen LogP contribution in [-0.2, 0) is 6.61 Å². The summed E-state index contributed by atoms with van der Waals surface area (Å²) in [7, 11) is 0.